The molecule has 0 radical (unpaired) electrons. The predicted octanol–water partition coefficient (Wildman–Crippen LogP) is 2.96. The van der Waals surface area contributed by atoms with Gasteiger partial charge in [-0.3, -0.25) is 4.79 Å². The largest absolute Gasteiger partial charge is 0.495 e. The standard InChI is InChI=1S/C18H19NO4/c1-12-3-5-15(21-2)14(9-12)19-18(20)11-13-4-6-16-17(10-13)23-8-7-22-16/h3-6,9-10H,7-8,11H2,1-2H3,(H,19,20). The summed E-state index contributed by atoms with van der Waals surface area (Å²) in [7, 11) is 1.58. The quantitative estimate of drug-likeness (QED) is 0.943. The number of ether oxygens (including phenoxy) is 3. The van der Waals surface area contributed by atoms with E-state index in [2.05, 4.69) is 5.32 Å². The van der Waals surface area contributed by atoms with Crippen molar-refractivity contribution in [2.45, 2.75) is 13.3 Å². The molecule has 0 fully saturated rings. The normalized spacial score (nSPS) is 12.6. The van der Waals surface area contributed by atoms with E-state index in [1.165, 1.54) is 0 Å². The van der Waals surface area contributed by atoms with Crippen LogP contribution >= 0.6 is 0 Å². The van der Waals surface area contributed by atoms with Crippen molar-refractivity contribution in [3.8, 4) is 17.2 Å². The molecule has 0 saturated heterocycles. The fourth-order valence-electron chi connectivity index (χ4n) is 2.50. The average molecular weight is 313 g/mol. The number of aryl methyl sites for hydroxylation is 1. The summed E-state index contributed by atoms with van der Waals surface area (Å²) in [4.78, 5) is 12.3. The van der Waals surface area contributed by atoms with Crippen molar-refractivity contribution in [3.63, 3.8) is 0 Å². The molecule has 0 unspecified atom stereocenters. The van der Waals surface area contributed by atoms with Crippen LogP contribution in [0.25, 0.3) is 0 Å². The Morgan fingerprint density at radius 3 is 2.70 bits per heavy atom. The van der Waals surface area contributed by atoms with E-state index >= 15 is 0 Å². The van der Waals surface area contributed by atoms with Crippen molar-refractivity contribution in [2.75, 3.05) is 25.6 Å². The van der Waals surface area contributed by atoms with Gasteiger partial charge < -0.3 is 19.5 Å². The van der Waals surface area contributed by atoms with Gasteiger partial charge in [-0.15, -0.1) is 0 Å². The van der Waals surface area contributed by atoms with Crippen LogP contribution in [0.3, 0.4) is 0 Å². The van der Waals surface area contributed by atoms with E-state index in [4.69, 9.17) is 14.2 Å². The highest BCUT2D eigenvalue weighted by Gasteiger charge is 2.14. The number of amides is 1. The first kappa shape index (κ1) is 15.2. The molecule has 1 heterocycles. The second kappa shape index (κ2) is 6.60. The van der Waals surface area contributed by atoms with E-state index in [9.17, 15) is 4.79 Å². The molecule has 0 saturated carbocycles. The van der Waals surface area contributed by atoms with Crippen LogP contribution < -0.4 is 19.5 Å². The number of anilines is 1. The predicted molar refractivity (Wildman–Crippen MR) is 87.5 cm³/mol. The Balaban J connectivity index is 1.71. The van der Waals surface area contributed by atoms with Crippen LogP contribution in [0.4, 0.5) is 5.69 Å². The molecule has 0 bridgehead atoms. The SMILES string of the molecule is COc1ccc(C)cc1NC(=O)Cc1ccc2c(c1)OCCO2. The van der Waals surface area contributed by atoms with Gasteiger partial charge in [0.05, 0.1) is 19.2 Å². The van der Waals surface area contributed by atoms with Crippen molar-refractivity contribution < 1.29 is 19.0 Å². The van der Waals surface area contributed by atoms with Crippen LogP contribution in [-0.4, -0.2) is 26.2 Å². The summed E-state index contributed by atoms with van der Waals surface area (Å²) in [6, 6.07) is 11.2. The number of rotatable bonds is 4. The smallest absolute Gasteiger partial charge is 0.228 e. The van der Waals surface area contributed by atoms with Gasteiger partial charge in [-0.05, 0) is 42.3 Å². The maximum atomic E-state index is 12.3. The van der Waals surface area contributed by atoms with Crippen LogP contribution in [0.2, 0.25) is 0 Å². The van der Waals surface area contributed by atoms with Gasteiger partial charge in [-0.1, -0.05) is 12.1 Å². The Labute approximate surface area is 135 Å². The molecule has 0 atom stereocenters. The summed E-state index contributed by atoms with van der Waals surface area (Å²) in [5.74, 6) is 1.95. The van der Waals surface area contributed by atoms with Crippen molar-refractivity contribution in [3.05, 3.63) is 47.5 Å². The summed E-state index contributed by atoms with van der Waals surface area (Å²) < 4.78 is 16.3. The van der Waals surface area contributed by atoms with Gasteiger partial charge >= 0.3 is 0 Å². The highest BCUT2D eigenvalue weighted by Crippen LogP contribution is 2.31. The van der Waals surface area contributed by atoms with E-state index in [0.717, 1.165) is 16.9 Å². The molecule has 5 heteroatoms. The number of carbonyl (C=O) groups is 1. The zero-order valence-corrected chi connectivity index (χ0v) is 13.2. The first-order valence-corrected chi connectivity index (χ1v) is 7.49. The molecular weight excluding hydrogens is 294 g/mol. The Kier molecular flexibility index (Phi) is 4.37. The summed E-state index contributed by atoms with van der Waals surface area (Å²) in [5, 5.41) is 2.89. The number of benzene rings is 2. The number of fused-ring (bicyclic) bond motifs is 1. The lowest BCUT2D eigenvalue weighted by molar-refractivity contribution is -0.115. The molecule has 0 aliphatic carbocycles. The number of nitrogens with one attached hydrogen (secondary N) is 1. The lowest BCUT2D eigenvalue weighted by atomic mass is 10.1. The fraction of sp³-hybridized carbons (Fsp3) is 0.278. The number of methoxy groups -OCH3 is 1. The number of hydrogen-bond acceptors (Lipinski definition) is 4. The van der Waals surface area contributed by atoms with Crippen LogP contribution in [-0.2, 0) is 11.2 Å². The minimum absolute atomic E-state index is 0.106. The molecule has 1 aliphatic rings. The molecule has 0 spiro atoms. The summed E-state index contributed by atoms with van der Waals surface area (Å²) >= 11 is 0. The van der Waals surface area contributed by atoms with Crippen molar-refractivity contribution in [2.24, 2.45) is 0 Å². The fourth-order valence-corrected chi connectivity index (χ4v) is 2.50. The highest BCUT2D eigenvalue weighted by molar-refractivity contribution is 5.93. The average Bonchev–Trinajstić information content (AvgIpc) is 2.55. The van der Waals surface area contributed by atoms with E-state index in [0.29, 0.717) is 30.4 Å². The Morgan fingerprint density at radius 1 is 1.13 bits per heavy atom. The van der Waals surface area contributed by atoms with Gasteiger partial charge in [-0.25, -0.2) is 0 Å². The number of hydrogen-bond donors (Lipinski definition) is 1. The minimum atomic E-state index is -0.106. The molecule has 1 amide bonds. The van der Waals surface area contributed by atoms with Gasteiger partial charge in [0, 0.05) is 0 Å². The van der Waals surface area contributed by atoms with Crippen molar-refractivity contribution in [1.82, 2.24) is 0 Å². The van der Waals surface area contributed by atoms with E-state index in [1.807, 2.05) is 43.3 Å². The van der Waals surface area contributed by atoms with Crippen molar-refractivity contribution >= 4 is 11.6 Å². The first-order chi connectivity index (χ1) is 11.2. The summed E-state index contributed by atoms with van der Waals surface area (Å²) in [6.07, 6.45) is 0.258. The molecule has 1 aliphatic heterocycles. The maximum absolute atomic E-state index is 12.3. The molecule has 2 aromatic carbocycles. The van der Waals surface area contributed by atoms with Gasteiger partial charge in [0.2, 0.25) is 5.91 Å². The van der Waals surface area contributed by atoms with Crippen LogP contribution in [0.15, 0.2) is 36.4 Å². The van der Waals surface area contributed by atoms with E-state index < -0.39 is 0 Å². The zero-order valence-electron chi connectivity index (χ0n) is 13.2. The van der Waals surface area contributed by atoms with E-state index in [-0.39, 0.29) is 12.3 Å². The zero-order chi connectivity index (χ0) is 16.2. The molecule has 23 heavy (non-hydrogen) atoms. The van der Waals surface area contributed by atoms with Crippen molar-refractivity contribution in [1.29, 1.82) is 0 Å². The second-order valence-corrected chi connectivity index (χ2v) is 5.41. The van der Waals surface area contributed by atoms with Gasteiger partial charge in [-0.2, -0.15) is 0 Å². The van der Waals surface area contributed by atoms with Gasteiger partial charge in [0.1, 0.15) is 19.0 Å². The van der Waals surface area contributed by atoms with E-state index in [1.54, 1.807) is 7.11 Å². The Morgan fingerprint density at radius 2 is 1.91 bits per heavy atom. The lowest BCUT2D eigenvalue weighted by Crippen LogP contribution is -2.17. The van der Waals surface area contributed by atoms with Crippen LogP contribution in [0, 0.1) is 6.92 Å². The third-order valence-corrected chi connectivity index (χ3v) is 3.60. The molecule has 2 aromatic rings. The number of carbonyl (C=O) groups excluding carboxylic acids is 1. The lowest BCUT2D eigenvalue weighted by Gasteiger charge is -2.18. The topological polar surface area (TPSA) is 56.8 Å². The molecule has 120 valence electrons. The van der Waals surface area contributed by atoms with Crippen LogP contribution in [0.5, 0.6) is 17.2 Å². The highest BCUT2D eigenvalue weighted by atomic mass is 16.6. The Hall–Kier alpha value is -2.69. The molecule has 3 rings (SSSR count). The molecule has 5 nitrogen and oxygen atoms in total. The minimum Gasteiger partial charge on any atom is -0.495 e. The maximum Gasteiger partial charge on any atom is 0.228 e. The van der Waals surface area contributed by atoms with Crippen LogP contribution in [0.1, 0.15) is 11.1 Å². The summed E-state index contributed by atoms with van der Waals surface area (Å²) in [6.45, 7) is 3.05. The third-order valence-electron chi connectivity index (χ3n) is 3.60. The molecule has 1 N–H and O–H groups in total. The first-order valence-electron chi connectivity index (χ1n) is 7.49. The molecular formula is C18H19NO4. The monoisotopic (exact) mass is 313 g/mol. The third kappa shape index (κ3) is 3.56. The second-order valence-electron chi connectivity index (χ2n) is 5.41. The summed E-state index contributed by atoms with van der Waals surface area (Å²) in [5.41, 5.74) is 2.61. The van der Waals surface area contributed by atoms with Gasteiger partial charge in [0.15, 0.2) is 11.5 Å². The molecule has 0 aromatic heterocycles. The Bertz CT molecular complexity index is 727. The van der Waals surface area contributed by atoms with Gasteiger partial charge in [0.25, 0.3) is 0 Å².